The van der Waals surface area contributed by atoms with Gasteiger partial charge in [-0.2, -0.15) is 0 Å². The lowest BCUT2D eigenvalue weighted by atomic mass is 9.80. The molecule has 2 aliphatic carbocycles. The summed E-state index contributed by atoms with van der Waals surface area (Å²) in [5.74, 6) is 3.80. The summed E-state index contributed by atoms with van der Waals surface area (Å²) in [6, 6.07) is 21.6. The van der Waals surface area contributed by atoms with E-state index in [4.69, 9.17) is 9.97 Å². The Kier molecular flexibility index (Phi) is 4.72. The maximum Gasteiger partial charge on any atom is 0.123 e. The second-order valence-corrected chi connectivity index (χ2v) is 12.0. The third-order valence-electron chi connectivity index (χ3n) is 9.59. The van der Waals surface area contributed by atoms with Gasteiger partial charge in [0.05, 0.1) is 47.1 Å². The van der Waals surface area contributed by atoms with Crippen LogP contribution in [-0.4, -0.2) is 37.0 Å². The molecule has 5 heterocycles. The fourth-order valence-electron chi connectivity index (χ4n) is 7.02. The number of hydrogen-bond acceptors (Lipinski definition) is 5. The molecule has 4 N–H and O–H groups in total. The number of imidazole rings is 2. The fourth-order valence-corrected chi connectivity index (χ4v) is 7.02. The highest BCUT2D eigenvalue weighted by atomic mass is 15.1. The topological polar surface area (TPSA) is 94.3 Å². The molecule has 0 radical (unpaired) electrons. The van der Waals surface area contributed by atoms with E-state index < -0.39 is 0 Å². The Labute approximate surface area is 226 Å². The molecule has 0 bridgehead atoms. The van der Waals surface area contributed by atoms with Crippen LogP contribution in [0.15, 0.2) is 67.0 Å². The summed E-state index contributed by atoms with van der Waals surface area (Å²) >= 11 is 0. The van der Waals surface area contributed by atoms with E-state index in [1.807, 2.05) is 12.4 Å². The lowest BCUT2D eigenvalue weighted by Gasteiger charge is -2.29. The van der Waals surface area contributed by atoms with Gasteiger partial charge in [0.25, 0.3) is 0 Å². The van der Waals surface area contributed by atoms with Crippen molar-refractivity contribution in [3.8, 4) is 33.8 Å². The third kappa shape index (κ3) is 3.75. The van der Waals surface area contributed by atoms with Crippen molar-refractivity contribution in [2.75, 3.05) is 0 Å². The minimum Gasteiger partial charge on any atom is -0.341 e. The van der Waals surface area contributed by atoms with Crippen LogP contribution >= 0.6 is 0 Å². The minimum absolute atomic E-state index is 0.353. The van der Waals surface area contributed by atoms with E-state index in [1.165, 1.54) is 43.2 Å². The zero-order valence-electron chi connectivity index (χ0n) is 21.7. The first-order valence-corrected chi connectivity index (χ1v) is 14.4. The van der Waals surface area contributed by atoms with Crippen LogP contribution in [0.1, 0.15) is 55.8 Å². The molecule has 2 aromatic carbocycles. The molecule has 0 amide bonds. The molecule has 0 unspecified atom stereocenters. The molecule has 2 saturated carbocycles. The molecule has 0 spiro atoms. The number of aromatic nitrogens is 5. The second kappa shape index (κ2) is 8.34. The SMILES string of the molecule is c1cc(-c2cnc([C@@H]3C[C@H]4CC[C@H]4N3)[nH]2)ccc1-c1ccc2nc(-c3cnc([C@@H]4C[C@H]5C[C@H]5N4)[nH]3)ccc2c1. The number of aromatic amines is 2. The first-order valence-electron chi connectivity index (χ1n) is 14.4. The molecule has 7 nitrogen and oxygen atoms in total. The summed E-state index contributed by atoms with van der Waals surface area (Å²) in [6.07, 6.45) is 10.3. The standard InChI is InChI=1S/C32H31N7/c1-3-18(29-15-33-31(38-29)27-12-21-6-9-24(21)36-27)4-2-17(1)19-5-8-23-20(11-19)7-10-25(35-23)30-16-34-32(39-30)28-14-22-13-26(22)37-28/h1-5,7-8,10-11,15-16,21-22,24,26-28,36-37H,6,9,12-14H2,(H,33,38)(H,34,39)/t21-,22-,24-,26-,27+,28+/m1/s1. The van der Waals surface area contributed by atoms with Gasteiger partial charge in [0.15, 0.2) is 0 Å². The zero-order chi connectivity index (χ0) is 25.5. The van der Waals surface area contributed by atoms with Gasteiger partial charge in [-0.15, -0.1) is 0 Å². The van der Waals surface area contributed by atoms with E-state index in [9.17, 15) is 0 Å². The Balaban J connectivity index is 0.930. The van der Waals surface area contributed by atoms with Crippen LogP contribution in [-0.2, 0) is 0 Å². The van der Waals surface area contributed by atoms with E-state index in [1.54, 1.807) is 0 Å². The van der Waals surface area contributed by atoms with Crippen molar-refractivity contribution in [1.29, 1.82) is 0 Å². The molecule has 7 heteroatoms. The van der Waals surface area contributed by atoms with Crippen molar-refractivity contribution < 1.29 is 0 Å². The van der Waals surface area contributed by atoms with Crippen LogP contribution in [0, 0.1) is 11.8 Å². The largest absolute Gasteiger partial charge is 0.341 e. The molecular formula is C32H31N7. The summed E-state index contributed by atoms with van der Waals surface area (Å²) in [4.78, 5) is 21.4. The van der Waals surface area contributed by atoms with Crippen molar-refractivity contribution in [2.24, 2.45) is 11.8 Å². The number of piperidine rings is 1. The van der Waals surface area contributed by atoms with Crippen molar-refractivity contribution >= 4 is 10.9 Å². The van der Waals surface area contributed by atoms with Crippen molar-refractivity contribution in [1.82, 2.24) is 35.6 Å². The van der Waals surface area contributed by atoms with Crippen LogP contribution in [0.4, 0.5) is 0 Å². The highest BCUT2D eigenvalue weighted by molar-refractivity contribution is 5.86. The Morgan fingerprint density at radius 1 is 0.615 bits per heavy atom. The molecule has 4 aliphatic rings. The number of rotatable bonds is 5. The molecule has 6 atom stereocenters. The molecule has 39 heavy (non-hydrogen) atoms. The predicted octanol–water partition coefficient (Wildman–Crippen LogP) is 5.92. The second-order valence-electron chi connectivity index (χ2n) is 12.0. The molecule has 3 aromatic heterocycles. The molecule has 194 valence electrons. The average molecular weight is 514 g/mol. The minimum atomic E-state index is 0.353. The maximum absolute atomic E-state index is 4.94. The van der Waals surface area contributed by atoms with Crippen molar-refractivity contribution in [3.63, 3.8) is 0 Å². The molecule has 2 saturated heterocycles. The highest BCUT2D eigenvalue weighted by Crippen LogP contribution is 2.45. The first kappa shape index (κ1) is 22.1. The fraction of sp³-hybridized carbons (Fsp3) is 0.344. The summed E-state index contributed by atoms with van der Waals surface area (Å²) in [7, 11) is 0. The molecular weight excluding hydrogens is 482 g/mol. The van der Waals surface area contributed by atoms with E-state index in [0.717, 1.165) is 57.0 Å². The van der Waals surface area contributed by atoms with Gasteiger partial charge in [-0.05, 0) is 78.8 Å². The molecule has 4 fully saturated rings. The van der Waals surface area contributed by atoms with Gasteiger partial charge in [0.1, 0.15) is 11.6 Å². The van der Waals surface area contributed by atoms with Gasteiger partial charge in [-0.1, -0.05) is 36.4 Å². The van der Waals surface area contributed by atoms with E-state index >= 15 is 0 Å². The van der Waals surface area contributed by atoms with Gasteiger partial charge < -0.3 is 20.6 Å². The van der Waals surface area contributed by atoms with Crippen LogP contribution in [0.25, 0.3) is 44.7 Å². The van der Waals surface area contributed by atoms with E-state index in [2.05, 4.69) is 80.2 Å². The normalized spacial score (nSPS) is 28.8. The number of nitrogens with zero attached hydrogens (tertiary/aromatic N) is 3. The number of pyridine rings is 1. The zero-order valence-corrected chi connectivity index (χ0v) is 21.7. The van der Waals surface area contributed by atoms with Crippen LogP contribution in [0.2, 0.25) is 0 Å². The van der Waals surface area contributed by atoms with Crippen molar-refractivity contribution in [2.45, 2.75) is 56.3 Å². The summed E-state index contributed by atoms with van der Waals surface area (Å²) in [5, 5.41) is 8.54. The molecule has 2 aliphatic heterocycles. The van der Waals surface area contributed by atoms with Gasteiger partial charge in [-0.25, -0.2) is 15.0 Å². The van der Waals surface area contributed by atoms with E-state index in [0.29, 0.717) is 24.2 Å². The highest BCUT2D eigenvalue weighted by Gasteiger charge is 2.46. The Morgan fingerprint density at radius 3 is 2.05 bits per heavy atom. The average Bonchev–Trinajstić information content (AvgIpc) is 3.46. The maximum atomic E-state index is 4.94. The van der Waals surface area contributed by atoms with Crippen LogP contribution in [0.3, 0.4) is 0 Å². The van der Waals surface area contributed by atoms with Crippen LogP contribution < -0.4 is 10.6 Å². The number of benzene rings is 2. The van der Waals surface area contributed by atoms with E-state index in [-0.39, 0.29) is 0 Å². The van der Waals surface area contributed by atoms with Gasteiger partial charge in [0.2, 0.25) is 0 Å². The smallest absolute Gasteiger partial charge is 0.123 e. The molecule has 5 aromatic rings. The number of nitrogens with one attached hydrogen (secondary N) is 4. The summed E-state index contributed by atoms with van der Waals surface area (Å²) < 4.78 is 0. The first-order chi connectivity index (χ1) is 19.2. The van der Waals surface area contributed by atoms with Gasteiger partial charge >= 0.3 is 0 Å². The lowest BCUT2D eigenvalue weighted by Crippen LogP contribution is -2.35. The lowest BCUT2D eigenvalue weighted by molar-refractivity contribution is 0.276. The van der Waals surface area contributed by atoms with Crippen LogP contribution in [0.5, 0.6) is 0 Å². The Morgan fingerprint density at radius 2 is 1.33 bits per heavy atom. The molecule has 9 rings (SSSR count). The Bertz CT molecular complexity index is 1680. The summed E-state index contributed by atoms with van der Waals surface area (Å²) in [6.45, 7) is 0. The number of hydrogen-bond donors (Lipinski definition) is 4. The Hall–Kier alpha value is -3.81. The third-order valence-corrected chi connectivity index (χ3v) is 9.59. The monoisotopic (exact) mass is 513 g/mol. The predicted molar refractivity (Wildman–Crippen MR) is 152 cm³/mol. The summed E-state index contributed by atoms with van der Waals surface area (Å²) in [5.41, 5.74) is 7.52. The quantitative estimate of drug-likeness (QED) is 0.234. The number of fused-ring (bicyclic) bond motifs is 3. The number of H-pyrrole nitrogens is 2. The van der Waals surface area contributed by atoms with Crippen molar-refractivity contribution in [3.05, 3.63) is 78.6 Å². The van der Waals surface area contributed by atoms with Gasteiger partial charge in [-0.3, -0.25) is 0 Å². The van der Waals surface area contributed by atoms with Gasteiger partial charge in [0, 0.05) is 17.5 Å².